The van der Waals surface area contributed by atoms with Crippen LogP contribution < -0.4 is 10.0 Å². The molecule has 0 spiro atoms. The number of rotatable bonds is 6. The van der Waals surface area contributed by atoms with Gasteiger partial charge in [0.1, 0.15) is 0 Å². The third-order valence-corrected chi connectivity index (χ3v) is 6.12. The van der Waals surface area contributed by atoms with Crippen molar-refractivity contribution in [3.05, 3.63) is 0 Å². The molecule has 20 heavy (non-hydrogen) atoms. The molecule has 118 valence electrons. The summed E-state index contributed by atoms with van der Waals surface area (Å²) in [5, 5.41) is 3.27. The fraction of sp³-hybridized carbons (Fsp3) is 1.00. The number of hydrogen-bond acceptors (Lipinski definition) is 4. The Morgan fingerprint density at radius 2 is 1.95 bits per heavy atom. The summed E-state index contributed by atoms with van der Waals surface area (Å²) in [7, 11) is -0.943. The molecule has 2 aliphatic rings. The fourth-order valence-electron chi connectivity index (χ4n) is 3.20. The van der Waals surface area contributed by atoms with Crippen LogP contribution in [0.1, 0.15) is 32.1 Å². The van der Waals surface area contributed by atoms with Crippen molar-refractivity contribution in [1.29, 1.82) is 0 Å². The van der Waals surface area contributed by atoms with Crippen LogP contribution in [0.2, 0.25) is 0 Å². The molecule has 0 aromatic rings. The minimum atomic E-state index is -3.09. The molecule has 2 aliphatic heterocycles. The Kier molecular flexibility index (Phi) is 6.26. The molecule has 2 rings (SSSR count). The maximum atomic E-state index is 12.0. The Bertz CT molecular complexity index is 372. The van der Waals surface area contributed by atoms with E-state index in [0.29, 0.717) is 12.5 Å². The lowest BCUT2D eigenvalue weighted by Gasteiger charge is -2.29. The molecule has 0 amide bonds. The molecular weight excluding hydrogens is 274 g/mol. The van der Waals surface area contributed by atoms with Crippen molar-refractivity contribution in [1.82, 2.24) is 14.9 Å². The van der Waals surface area contributed by atoms with Gasteiger partial charge in [0.15, 0.2) is 0 Å². The minimum Gasteiger partial charge on any atom is -0.316 e. The van der Waals surface area contributed by atoms with E-state index in [4.69, 9.17) is 0 Å². The summed E-state index contributed by atoms with van der Waals surface area (Å²) in [6, 6.07) is 0. The average Bonchev–Trinajstić information content (AvgIpc) is 2.41. The van der Waals surface area contributed by atoms with E-state index in [1.165, 1.54) is 12.8 Å². The van der Waals surface area contributed by atoms with Crippen molar-refractivity contribution in [2.75, 3.05) is 45.5 Å². The van der Waals surface area contributed by atoms with Crippen molar-refractivity contribution in [2.24, 2.45) is 11.8 Å². The Labute approximate surface area is 123 Å². The van der Waals surface area contributed by atoms with Gasteiger partial charge in [-0.1, -0.05) is 0 Å². The second kappa shape index (κ2) is 7.73. The van der Waals surface area contributed by atoms with E-state index in [1.54, 1.807) is 0 Å². The summed E-state index contributed by atoms with van der Waals surface area (Å²) in [5.41, 5.74) is 0. The van der Waals surface area contributed by atoms with Gasteiger partial charge in [0, 0.05) is 6.54 Å². The van der Waals surface area contributed by atoms with E-state index >= 15 is 0 Å². The summed E-state index contributed by atoms with van der Waals surface area (Å²) in [5.74, 6) is 1.25. The summed E-state index contributed by atoms with van der Waals surface area (Å²) in [4.78, 5) is 2.34. The summed E-state index contributed by atoms with van der Waals surface area (Å²) < 4.78 is 26.9. The van der Waals surface area contributed by atoms with Gasteiger partial charge < -0.3 is 10.2 Å². The van der Waals surface area contributed by atoms with Crippen molar-refractivity contribution in [3.63, 3.8) is 0 Å². The van der Waals surface area contributed by atoms with E-state index in [0.717, 1.165) is 45.4 Å². The van der Waals surface area contributed by atoms with Crippen LogP contribution in [0, 0.1) is 11.8 Å². The summed E-state index contributed by atoms with van der Waals surface area (Å²) in [6.07, 6.45) is 5.50. The molecule has 2 fully saturated rings. The van der Waals surface area contributed by atoms with Gasteiger partial charge in [-0.05, 0) is 77.2 Å². The molecule has 0 bridgehead atoms. The highest BCUT2D eigenvalue weighted by molar-refractivity contribution is 7.89. The zero-order valence-electron chi connectivity index (χ0n) is 12.6. The molecule has 5 nitrogen and oxygen atoms in total. The minimum absolute atomic E-state index is 0.282. The standard InChI is InChI=1S/C14H29N3O2S/c1-17-9-5-13(6-10-17)4-8-16-20(18,19)12-14-3-2-7-15-11-14/h13-16H,2-12H2,1H3. The van der Waals surface area contributed by atoms with Crippen molar-refractivity contribution in [2.45, 2.75) is 32.1 Å². The van der Waals surface area contributed by atoms with Crippen LogP contribution >= 0.6 is 0 Å². The third kappa shape index (κ3) is 5.68. The van der Waals surface area contributed by atoms with E-state index in [9.17, 15) is 8.42 Å². The molecule has 2 heterocycles. The van der Waals surface area contributed by atoms with Gasteiger partial charge in [0.25, 0.3) is 0 Å². The Hall–Kier alpha value is -0.170. The SMILES string of the molecule is CN1CCC(CCNS(=O)(=O)CC2CCCNC2)CC1. The molecule has 2 N–H and O–H groups in total. The molecule has 1 unspecified atom stereocenters. The first-order valence-electron chi connectivity index (χ1n) is 7.92. The van der Waals surface area contributed by atoms with E-state index in [-0.39, 0.29) is 11.7 Å². The first-order chi connectivity index (χ1) is 9.55. The highest BCUT2D eigenvalue weighted by Crippen LogP contribution is 2.19. The number of nitrogens with one attached hydrogen (secondary N) is 2. The second-order valence-electron chi connectivity index (χ2n) is 6.42. The van der Waals surface area contributed by atoms with Gasteiger partial charge >= 0.3 is 0 Å². The van der Waals surface area contributed by atoms with E-state index in [2.05, 4.69) is 22.0 Å². The first kappa shape index (κ1) is 16.2. The predicted molar refractivity (Wildman–Crippen MR) is 82.2 cm³/mol. The Morgan fingerprint density at radius 3 is 2.60 bits per heavy atom. The number of likely N-dealkylation sites (tertiary alicyclic amines) is 1. The highest BCUT2D eigenvalue weighted by atomic mass is 32.2. The van der Waals surface area contributed by atoms with Crippen LogP contribution in [0.5, 0.6) is 0 Å². The largest absolute Gasteiger partial charge is 0.316 e. The zero-order valence-corrected chi connectivity index (χ0v) is 13.4. The van der Waals surface area contributed by atoms with E-state index in [1.807, 2.05) is 0 Å². The maximum Gasteiger partial charge on any atom is 0.211 e. The van der Waals surface area contributed by atoms with Gasteiger partial charge in [-0.25, -0.2) is 13.1 Å². The number of hydrogen-bond donors (Lipinski definition) is 2. The van der Waals surface area contributed by atoms with Crippen molar-refractivity contribution in [3.8, 4) is 0 Å². The Balaban J connectivity index is 1.64. The van der Waals surface area contributed by atoms with Gasteiger partial charge in [-0.15, -0.1) is 0 Å². The first-order valence-corrected chi connectivity index (χ1v) is 9.57. The van der Waals surface area contributed by atoms with Crippen LogP contribution in [0.3, 0.4) is 0 Å². The molecule has 0 saturated carbocycles. The lowest BCUT2D eigenvalue weighted by Crippen LogP contribution is -2.38. The van der Waals surface area contributed by atoms with Crippen molar-refractivity contribution >= 4 is 10.0 Å². The fourth-order valence-corrected chi connectivity index (χ4v) is 4.66. The molecule has 0 aromatic heterocycles. The van der Waals surface area contributed by atoms with Crippen LogP contribution in [-0.2, 0) is 10.0 Å². The van der Waals surface area contributed by atoms with Gasteiger partial charge in [-0.3, -0.25) is 0 Å². The Morgan fingerprint density at radius 1 is 1.20 bits per heavy atom. The van der Waals surface area contributed by atoms with Crippen LogP contribution in [0.25, 0.3) is 0 Å². The molecule has 6 heteroatoms. The van der Waals surface area contributed by atoms with Crippen LogP contribution in [0.15, 0.2) is 0 Å². The van der Waals surface area contributed by atoms with E-state index < -0.39 is 10.0 Å². The number of nitrogens with zero attached hydrogens (tertiary/aromatic N) is 1. The van der Waals surface area contributed by atoms with Gasteiger partial charge in [0.2, 0.25) is 10.0 Å². The third-order valence-electron chi connectivity index (χ3n) is 4.57. The lowest BCUT2D eigenvalue weighted by molar-refractivity contribution is 0.213. The number of piperidine rings is 2. The molecule has 0 aliphatic carbocycles. The van der Waals surface area contributed by atoms with Crippen LogP contribution in [-0.4, -0.2) is 58.8 Å². The second-order valence-corrected chi connectivity index (χ2v) is 8.27. The smallest absolute Gasteiger partial charge is 0.211 e. The summed E-state index contributed by atoms with van der Waals surface area (Å²) in [6.45, 7) is 4.77. The molecule has 2 saturated heterocycles. The van der Waals surface area contributed by atoms with Gasteiger partial charge in [0.05, 0.1) is 5.75 Å². The lowest BCUT2D eigenvalue weighted by atomic mass is 9.94. The topological polar surface area (TPSA) is 61.4 Å². The molecule has 0 radical (unpaired) electrons. The van der Waals surface area contributed by atoms with Crippen molar-refractivity contribution < 1.29 is 8.42 Å². The molecule has 0 aromatic carbocycles. The normalized spacial score (nSPS) is 26.8. The molecular formula is C14H29N3O2S. The predicted octanol–water partition coefficient (Wildman–Crippen LogP) is 0.637. The zero-order chi connectivity index (χ0) is 14.4. The maximum absolute atomic E-state index is 12.0. The monoisotopic (exact) mass is 303 g/mol. The molecule has 1 atom stereocenters. The van der Waals surface area contributed by atoms with Gasteiger partial charge in [-0.2, -0.15) is 0 Å². The highest BCUT2D eigenvalue weighted by Gasteiger charge is 2.22. The number of sulfonamides is 1. The van der Waals surface area contributed by atoms with Crippen LogP contribution in [0.4, 0.5) is 0 Å². The quantitative estimate of drug-likeness (QED) is 0.756. The summed E-state index contributed by atoms with van der Waals surface area (Å²) >= 11 is 0. The average molecular weight is 303 g/mol.